The van der Waals surface area contributed by atoms with Gasteiger partial charge in [-0.2, -0.15) is 9.78 Å². The maximum Gasteiger partial charge on any atom is 0.352 e. The van der Waals surface area contributed by atoms with Gasteiger partial charge in [-0.15, -0.1) is 0 Å². The Kier molecular flexibility index (Phi) is 4.74. The summed E-state index contributed by atoms with van der Waals surface area (Å²) in [4.78, 5) is 35.9. The molecule has 1 amide bonds. The Morgan fingerprint density at radius 2 is 1.88 bits per heavy atom. The topological polar surface area (TPSA) is 86.0 Å². The van der Waals surface area contributed by atoms with Crippen molar-refractivity contribution in [3.8, 4) is 5.69 Å². The van der Waals surface area contributed by atoms with E-state index in [1.807, 2.05) is 0 Å². The van der Waals surface area contributed by atoms with Crippen molar-refractivity contribution in [3.05, 3.63) is 86.9 Å². The Morgan fingerprint density at radius 1 is 1.15 bits per heavy atom. The molecule has 0 saturated heterocycles. The summed E-state index contributed by atoms with van der Waals surface area (Å²) in [7, 11) is 0. The van der Waals surface area contributed by atoms with Crippen LogP contribution in [0.15, 0.2) is 64.3 Å². The number of hydrogen-bond donors (Lipinski definition) is 1. The van der Waals surface area contributed by atoms with E-state index in [0.29, 0.717) is 16.9 Å². The van der Waals surface area contributed by atoms with Crippen LogP contribution in [0.5, 0.6) is 0 Å². The van der Waals surface area contributed by atoms with E-state index in [1.165, 1.54) is 31.2 Å². The molecule has 0 unspecified atom stereocenters. The molecule has 2 aromatic carbocycles. The first-order valence-corrected chi connectivity index (χ1v) is 7.76. The normalized spacial score (nSPS) is 10.5. The van der Waals surface area contributed by atoms with Crippen LogP contribution in [-0.2, 0) is 11.3 Å². The second-order valence-electron chi connectivity index (χ2n) is 5.62. The van der Waals surface area contributed by atoms with Crippen LogP contribution < -0.4 is 16.6 Å². The minimum atomic E-state index is -0.637. The van der Waals surface area contributed by atoms with Crippen molar-refractivity contribution in [2.75, 3.05) is 5.32 Å². The molecule has 3 rings (SSSR count). The van der Waals surface area contributed by atoms with Gasteiger partial charge in [-0.05, 0) is 35.9 Å². The number of carbonyl (C=O) groups is 1. The fraction of sp³-hybridized carbons (Fsp3) is 0.111. The van der Waals surface area contributed by atoms with Gasteiger partial charge in [0.2, 0.25) is 5.91 Å². The molecular formula is C18H15FN4O3. The molecule has 1 N–H and O–H groups in total. The molecule has 0 fully saturated rings. The lowest BCUT2D eigenvalue weighted by Crippen LogP contribution is -2.40. The molecule has 132 valence electrons. The maximum atomic E-state index is 13.0. The van der Waals surface area contributed by atoms with Gasteiger partial charge in [0.05, 0.1) is 12.2 Å². The van der Waals surface area contributed by atoms with Crippen LogP contribution in [0.3, 0.4) is 0 Å². The van der Waals surface area contributed by atoms with Crippen molar-refractivity contribution in [1.29, 1.82) is 0 Å². The fourth-order valence-electron chi connectivity index (χ4n) is 2.45. The van der Waals surface area contributed by atoms with Crippen molar-refractivity contribution in [2.45, 2.75) is 13.5 Å². The summed E-state index contributed by atoms with van der Waals surface area (Å²) < 4.78 is 15.1. The van der Waals surface area contributed by atoms with Gasteiger partial charge in [0.25, 0.3) is 5.56 Å². The number of benzene rings is 2. The highest BCUT2D eigenvalue weighted by Gasteiger charge is 2.10. The minimum absolute atomic E-state index is 0.00808. The van der Waals surface area contributed by atoms with Crippen molar-refractivity contribution in [2.24, 2.45) is 0 Å². The van der Waals surface area contributed by atoms with Crippen LogP contribution in [0.1, 0.15) is 12.5 Å². The van der Waals surface area contributed by atoms with Gasteiger partial charge in [0, 0.05) is 12.6 Å². The zero-order chi connectivity index (χ0) is 18.7. The highest BCUT2D eigenvalue weighted by Crippen LogP contribution is 2.12. The molecule has 0 aliphatic rings. The highest BCUT2D eigenvalue weighted by molar-refractivity contribution is 5.88. The van der Waals surface area contributed by atoms with E-state index in [2.05, 4.69) is 10.4 Å². The Balaban J connectivity index is 2.02. The molecule has 7 nitrogen and oxygen atoms in total. The number of amides is 1. The number of nitrogens with zero attached hydrogens (tertiary/aromatic N) is 3. The van der Waals surface area contributed by atoms with Gasteiger partial charge < -0.3 is 5.32 Å². The van der Waals surface area contributed by atoms with Crippen molar-refractivity contribution in [1.82, 2.24) is 14.3 Å². The molecule has 0 spiro atoms. The maximum absolute atomic E-state index is 13.0. The summed E-state index contributed by atoms with van der Waals surface area (Å²) in [5.41, 5.74) is 0.305. The summed E-state index contributed by atoms with van der Waals surface area (Å²) in [6, 6.07) is 12.1. The average Bonchev–Trinajstić information content (AvgIpc) is 2.60. The van der Waals surface area contributed by atoms with Crippen molar-refractivity contribution in [3.63, 3.8) is 0 Å². The van der Waals surface area contributed by atoms with Crippen LogP contribution in [0.4, 0.5) is 10.1 Å². The predicted octanol–water partition coefficient (Wildman–Crippen LogP) is 1.54. The molecule has 0 aliphatic carbocycles. The van der Waals surface area contributed by atoms with Crippen LogP contribution in [0.2, 0.25) is 0 Å². The van der Waals surface area contributed by atoms with E-state index in [0.717, 1.165) is 15.4 Å². The second kappa shape index (κ2) is 7.14. The third-order valence-corrected chi connectivity index (χ3v) is 3.63. The van der Waals surface area contributed by atoms with Crippen LogP contribution in [0, 0.1) is 5.82 Å². The number of nitrogens with one attached hydrogen (secondary N) is 1. The molecule has 26 heavy (non-hydrogen) atoms. The second-order valence-corrected chi connectivity index (χ2v) is 5.62. The van der Waals surface area contributed by atoms with Crippen LogP contribution in [-0.4, -0.2) is 20.3 Å². The Morgan fingerprint density at radius 3 is 2.58 bits per heavy atom. The third kappa shape index (κ3) is 3.75. The fourth-order valence-corrected chi connectivity index (χ4v) is 2.45. The van der Waals surface area contributed by atoms with Gasteiger partial charge in [0.1, 0.15) is 12.0 Å². The Bertz CT molecular complexity index is 1070. The van der Waals surface area contributed by atoms with E-state index in [1.54, 1.807) is 24.3 Å². The Hall–Kier alpha value is -3.55. The lowest BCUT2D eigenvalue weighted by atomic mass is 10.2. The Labute approximate surface area is 147 Å². The summed E-state index contributed by atoms with van der Waals surface area (Å²) in [5, 5.41) is 6.50. The summed E-state index contributed by atoms with van der Waals surface area (Å²) in [5.74, 6) is -0.647. The van der Waals surface area contributed by atoms with Crippen LogP contribution in [0.25, 0.3) is 5.69 Å². The molecule has 8 heteroatoms. The summed E-state index contributed by atoms with van der Waals surface area (Å²) in [6.07, 6.45) is 1.04. The average molecular weight is 354 g/mol. The largest absolute Gasteiger partial charge is 0.352 e. The van der Waals surface area contributed by atoms with Gasteiger partial charge in [-0.25, -0.2) is 9.18 Å². The molecule has 1 aromatic heterocycles. The first-order chi connectivity index (χ1) is 12.4. The molecule has 1 heterocycles. The lowest BCUT2D eigenvalue weighted by molar-refractivity contribution is -0.114. The van der Waals surface area contributed by atoms with E-state index in [4.69, 9.17) is 0 Å². The predicted molar refractivity (Wildman–Crippen MR) is 93.9 cm³/mol. The number of rotatable bonds is 4. The number of anilines is 1. The summed E-state index contributed by atoms with van der Waals surface area (Å²) in [6.45, 7) is 1.37. The van der Waals surface area contributed by atoms with E-state index in [9.17, 15) is 18.8 Å². The van der Waals surface area contributed by atoms with Gasteiger partial charge in [-0.1, -0.05) is 18.2 Å². The van der Waals surface area contributed by atoms with Gasteiger partial charge in [-0.3, -0.25) is 14.2 Å². The molecule has 3 aromatic rings. The number of aromatic nitrogens is 3. The number of halogens is 1. The molecular weight excluding hydrogens is 339 g/mol. The standard InChI is InChI=1S/C18H15FN4O3/c1-12(24)21-15-3-2-4-16(9-15)23-18(26)22(17(25)10-20-23)11-13-5-7-14(19)8-6-13/h2-10H,11H2,1H3,(H,21,24). The first kappa shape index (κ1) is 17.3. The lowest BCUT2D eigenvalue weighted by Gasteiger charge is -2.10. The van der Waals surface area contributed by atoms with Crippen LogP contribution >= 0.6 is 0 Å². The van der Waals surface area contributed by atoms with Gasteiger partial charge >= 0.3 is 5.69 Å². The smallest absolute Gasteiger partial charge is 0.326 e. The minimum Gasteiger partial charge on any atom is -0.326 e. The molecule has 0 aliphatic heterocycles. The zero-order valence-electron chi connectivity index (χ0n) is 13.8. The van der Waals surface area contributed by atoms with Crippen molar-refractivity contribution < 1.29 is 9.18 Å². The summed E-state index contributed by atoms with van der Waals surface area (Å²) >= 11 is 0. The molecule has 0 radical (unpaired) electrons. The SMILES string of the molecule is CC(=O)Nc1cccc(-n2ncc(=O)n(Cc3ccc(F)cc3)c2=O)c1. The first-order valence-electron chi connectivity index (χ1n) is 7.76. The molecule has 0 atom stereocenters. The molecule has 0 bridgehead atoms. The van der Waals surface area contributed by atoms with E-state index < -0.39 is 17.1 Å². The quantitative estimate of drug-likeness (QED) is 0.770. The number of carbonyl (C=O) groups excluding carboxylic acids is 1. The highest BCUT2D eigenvalue weighted by atomic mass is 19.1. The third-order valence-electron chi connectivity index (χ3n) is 3.63. The van der Waals surface area contributed by atoms with E-state index >= 15 is 0 Å². The zero-order valence-corrected chi connectivity index (χ0v) is 13.8. The van der Waals surface area contributed by atoms with E-state index in [-0.39, 0.29) is 12.5 Å². The monoisotopic (exact) mass is 354 g/mol. The van der Waals surface area contributed by atoms with Crippen molar-refractivity contribution >= 4 is 11.6 Å². The number of hydrogen-bond acceptors (Lipinski definition) is 4. The van der Waals surface area contributed by atoms with Gasteiger partial charge in [0.15, 0.2) is 0 Å². The molecule has 0 saturated carbocycles.